The fourth-order valence-corrected chi connectivity index (χ4v) is 1.92. The maximum Gasteiger partial charge on any atom is 0.198 e. The molecule has 0 aromatic carbocycles. The molecule has 0 spiro atoms. The van der Waals surface area contributed by atoms with Gasteiger partial charge in [0, 0.05) is 19.2 Å². The Kier molecular flexibility index (Phi) is 6.84. The zero-order valence-electron chi connectivity index (χ0n) is 10.1. The Balaban J connectivity index is 2.27. The van der Waals surface area contributed by atoms with E-state index in [-0.39, 0.29) is 17.8 Å². The van der Waals surface area contributed by atoms with Crippen molar-refractivity contribution in [1.82, 2.24) is 4.98 Å². The van der Waals surface area contributed by atoms with Crippen LogP contribution in [-0.4, -0.2) is 30.6 Å². The van der Waals surface area contributed by atoms with E-state index in [1.807, 2.05) is 25.1 Å². The molecular formula is C12H17NO3S. The molecule has 94 valence electrons. The molecular weight excluding hydrogens is 238 g/mol. The Hall–Kier alpha value is -0.910. The standard InChI is InChI=1S/C12H17NO3S/c1-10(6-8-16-9-15-2)12(14)17-11-5-3-4-7-13-11/h3-5,7,10H,6,8-9H2,1-2H3. The third-order valence-corrected chi connectivity index (χ3v) is 3.20. The number of rotatable bonds is 7. The molecule has 1 aromatic rings. The number of aromatic nitrogens is 1. The van der Waals surface area contributed by atoms with Crippen LogP contribution in [0.3, 0.4) is 0 Å². The summed E-state index contributed by atoms with van der Waals surface area (Å²) in [5, 5.41) is 0.854. The fourth-order valence-electron chi connectivity index (χ4n) is 1.13. The third kappa shape index (κ3) is 5.81. The van der Waals surface area contributed by atoms with Crippen molar-refractivity contribution in [3.05, 3.63) is 24.4 Å². The van der Waals surface area contributed by atoms with Crippen LogP contribution in [0.5, 0.6) is 0 Å². The Morgan fingerprint density at radius 1 is 1.53 bits per heavy atom. The molecule has 5 heteroatoms. The normalized spacial score (nSPS) is 12.4. The molecule has 4 nitrogen and oxygen atoms in total. The summed E-state index contributed by atoms with van der Waals surface area (Å²) in [7, 11) is 1.57. The summed E-state index contributed by atoms with van der Waals surface area (Å²) in [6.45, 7) is 2.70. The minimum Gasteiger partial charge on any atom is -0.359 e. The lowest BCUT2D eigenvalue weighted by Gasteiger charge is -2.09. The number of thioether (sulfide) groups is 1. The van der Waals surface area contributed by atoms with Crippen LogP contribution in [-0.2, 0) is 14.3 Å². The second kappa shape index (κ2) is 8.22. The smallest absolute Gasteiger partial charge is 0.198 e. The number of ether oxygens (including phenoxy) is 2. The van der Waals surface area contributed by atoms with Crippen LogP contribution in [0.2, 0.25) is 0 Å². The van der Waals surface area contributed by atoms with Crippen molar-refractivity contribution in [1.29, 1.82) is 0 Å². The monoisotopic (exact) mass is 255 g/mol. The zero-order chi connectivity index (χ0) is 12.5. The van der Waals surface area contributed by atoms with Gasteiger partial charge in [-0.3, -0.25) is 4.79 Å². The second-order valence-electron chi connectivity index (χ2n) is 3.59. The van der Waals surface area contributed by atoms with Gasteiger partial charge in [-0.15, -0.1) is 0 Å². The summed E-state index contributed by atoms with van der Waals surface area (Å²) in [5.41, 5.74) is 0. The molecule has 0 N–H and O–H groups in total. The van der Waals surface area contributed by atoms with E-state index in [0.717, 1.165) is 5.03 Å². The lowest BCUT2D eigenvalue weighted by Crippen LogP contribution is -2.11. The molecule has 0 bridgehead atoms. The molecule has 1 rings (SSSR count). The van der Waals surface area contributed by atoms with Crippen molar-refractivity contribution in [2.45, 2.75) is 18.4 Å². The van der Waals surface area contributed by atoms with Gasteiger partial charge in [-0.2, -0.15) is 0 Å². The number of hydrogen-bond acceptors (Lipinski definition) is 5. The molecule has 1 aromatic heterocycles. The van der Waals surface area contributed by atoms with Gasteiger partial charge < -0.3 is 9.47 Å². The van der Waals surface area contributed by atoms with E-state index in [2.05, 4.69) is 4.98 Å². The minimum atomic E-state index is -0.0427. The summed E-state index contributed by atoms with van der Waals surface area (Å²) < 4.78 is 9.91. The van der Waals surface area contributed by atoms with Gasteiger partial charge in [0.1, 0.15) is 11.8 Å². The highest BCUT2D eigenvalue weighted by molar-refractivity contribution is 8.13. The van der Waals surface area contributed by atoms with Gasteiger partial charge in [0.15, 0.2) is 5.12 Å². The Bertz CT molecular complexity index is 332. The number of carbonyl (C=O) groups is 1. The van der Waals surface area contributed by atoms with Gasteiger partial charge in [-0.1, -0.05) is 13.0 Å². The van der Waals surface area contributed by atoms with E-state index in [9.17, 15) is 4.79 Å². The summed E-state index contributed by atoms with van der Waals surface area (Å²) in [6, 6.07) is 5.53. The van der Waals surface area contributed by atoms with Gasteiger partial charge in [0.2, 0.25) is 0 Å². The molecule has 0 aliphatic heterocycles. The zero-order valence-corrected chi connectivity index (χ0v) is 10.9. The Labute approximate surface area is 106 Å². The average Bonchev–Trinajstić information content (AvgIpc) is 2.35. The molecule has 0 aliphatic carbocycles. The summed E-state index contributed by atoms with van der Waals surface area (Å²) in [6.07, 6.45) is 2.38. The SMILES string of the molecule is COCOCCC(C)C(=O)Sc1ccccn1. The van der Waals surface area contributed by atoms with E-state index < -0.39 is 0 Å². The molecule has 0 radical (unpaired) electrons. The first-order valence-electron chi connectivity index (χ1n) is 5.43. The second-order valence-corrected chi connectivity index (χ2v) is 4.62. The summed E-state index contributed by atoms with van der Waals surface area (Å²) in [5.74, 6) is -0.0427. The molecule has 0 saturated heterocycles. The van der Waals surface area contributed by atoms with Crippen LogP contribution < -0.4 is 0 Å². The first-order valence-corrected chi connectivity index (χ1v) is 6.25. The number of carbonyl (C=O) groups excluding carboxylic acids is 1. The maximum atomic E-state index is 11.8. The average molecular weight is 255 g/mol. The fraction of sp³-hybridized carbons (Fsp3) is 0.500. The first kappa shape index (κ1) is 14.2. The lowest BCUT2D eigenvalue weighted by atomic mass is 10.1. The van der Waals surface area contributed by atoms with Crippen LogP contribution in [0.25, 0.3) is 0 Å². The van der Waals surface area contributed by atoms with Crippen molar-refractivity contribution in [3.63, 3.8) is 0 Å². The molecule has 1 heterocycles. The quantitative estimate of drug-likeness (QED) is 0.425. The summed E-state index contributed by atoms with van der Waals surface area (Å²) >= 11 is 1.18. The maximum absolute atomic E-state index is 11.8. The van der Waals surface area contributed by atoms with Gasteiger partial charge in [-0.05, 0) is 30.3 Å². The van der Waals surface area contributed by atoms with E-state index in [4.69, 9.17) is 9.47 Å². The van der Waals surface area contributed by atoms with Crippen molar-refractivity contribution in [2.75, 3.05) is 20.5 Å². The van der Waals surface area contributed by atoms with Gasteiger partial charge in [-0.25, -0.2) is 4.98 Å². The molecule has 0 fully saturated rings. The largest absolute Gasteiger partial charge is 0.359 e. The van der Waals surface area contributed by atoms with Gasteiger partial charge in [0.25, 0.3) is 0 Å². The first-order chi connectivity index (χ1) is 8.24. The number of methoxy groups -OCH3 is 1. The van der Waals surface area contributed by atoms with E-state index >= 15 is 0 Å². The van der Waals surface area contributed by atoms with Crippen LogP contribution in [0.4, 0.5) is 0 Å². The van der Waals surface area contributed by atoms with E-state index in [1.54, 1.807) is 13.3 Å². The third-order valence-electron chi connectivity index (χ3n) is 2.14. The highest BCUT2D eigenvalue weighted by Crippen LogP contribution is 2.21. The molecule has 17 heavy (non-hydrogen) atoms. The van der Waals surface area contributed by atoms with Crippen LogP contribution in [0.15, 0.2) is 29.4 Å². The number of pyridine rings is 1. The molecule has 1 atom stereocenters. The van der Waals surface area contributed by atoms with Crippen molar-refractivity contribution < 1.29 is 14.3 Å². The van der Waals surface area contributed by atoms with Crippen LogP contribution in [0.1, 0.15) is 13.3 Å². The Morgan fingerprint density at radius 2 is 2.35 bits per heavy atom. The predicted molar refractivity (Wildman–Crippen MR) is 66.7 cm³/mol. The molecule has 0 amide bonds. The number of hydrogen-bond donors (Lipinski definition) is 0. The van der Waals surface area contributed by atoms with Crippen LogP contribution >= 0.6 is 11.8 Å². The van der Waals surface area contributed by atoms with Gasteiger partial charge in [0.05, 0.1) is 6.61 Å². The Morgan fingerprint density at radius 3 is 3.00 bits per heavy atom. The molecule has 0 aliphatic rings. The van der Waals surface area contributed by atoms with Gasteiger partial charge >= 0.3 is 0 Å². The topological polar surface area (TPSA) is 48.4 Å². The van der Waals surface area contributed by atoms with E-state index in [1.165, 1.54) is 11.8 Å². The van der Waals surface area contributed by atoms with E-state index in [0.29, 0.717) is 13.0 Å². The highest BCUT2D eigenvalue weighted by Gasteiger charge is 2.14. The van der Waals surface area contributed by atoms with Crippen molar-refractivity contribution >= 4 is 16.9 Å². The lowest BCUT2D eigenvalue weighted by molar-refractivity contribution is -0.115. The number of nitrogens with zero attached hydrogens (tertiary/aromatic N) is 1. The van der Waals surface area contributed by atoms with Crippen molar-refractivity contribution in [2.24, 2.45) is 5.92 Å². The highest BCUT2D eigenvalue weighted by atomic mass is 32.2. The molecule has 0 saturated carbocycles. The minimum absolute atomic E-state index is 0.0427. The molecule has 1 unspecified atom stereocenters. The predicted octanol–water partition coefficient (Wildman–Crippen LogP) is 2.35. The van der Waals surface area contributed by atoms with Crippen LogP contribution in [0, 0.1) is 5.92 Å². The summed E-state index contributed by atoms with van der Waals surface area (Å²) in [4.78, 5) is 15.9. The van der Waals surface area contributed by atoms with Crippen molar-refractivity contribution in [3.8, 4) is 0 Å².